The Balaban J connectivity index is 3.15. The fourth-order valence-electron chi connectivity index (χ4n) is 1.50. The number of rotatable bonds is 4. The maximum absolute atomic E-state index is 11.8. The van der Waals surface area contributed by atoms with Crippen LogP contribution < -0.4 is 16.1 Å². The number of nitrogens with zero attached hydrogens (tertiary/aromatic N) is 4. The van der Waals surface area contributed by atoms with E-state index in [2.05, 4.69) is 5.10 Å². The van der Waals surface area contributed by atoms with E-state index >= 15 is 0 Å². The molecule has 18 heavy (non-hydrogen) atoms. The van der Waals surface area contributed by atoms with Gasteiger partial charge in [-0.15, -0.1) is 5.10 Å². The Hall–Kier alpha value is -2.12. The normalized spacial score (nSPS) is 12.2. The maximum Gasteiger partial charge on any atom is 0.346 e. The monoisotopic (exact) mass is 256 g/mol. The van der Waals surface area contributed by atoms with E-state index in [9.17, 15) is 14.4 Å². The van der Waals surface area contributed by atoms with Crippen LogP contribution in [0.15, 0.2) is 9.59 Å². The standard InChI is InChI=1S/C10H16N4O4/c1-6(9(16)17)5-12(2)7-8(15)13(3)10(18)14(4)11-7/h6H,5H2,1-4H3,(H,16,17). The van der Waals surface area contributed by atoms with Crippen LogP contribution in [0.4, 0.5) is 5.82 Å². The summed E-state index contributed by atoms with van der Waals surface area (Å²) >= 11 is 0. The molecule has 0 aliphatic carbocycles. The predicted octanol–water partition coefficient (Wildman–Crippen LogP) is -1.36. The van der Waals surface area contributed by atoms with Gasteiger partial charge in [0.2, 0.25) is 5.82 Å². The number of hydrogen-bond acceptors (Lipinski definition) is 5. The molecule has 100 valence electrons. The third-order valence-electron chi connectivity index (χ3n) is 2.64. The van der Waals surface area contributed by atoms with E-state index < -0.39 is 23.1 Å². The number of aryl methyl sites for hydroxylation is 1. The highest BCUT2D eigenvalue weighted by atomic mass is 16.4. The summed E-state index contributed by atoms with van der Waals surface area (Å²) in [5, 5.41) is 12.7. The van der Waals surface area contributed by atoms with Gasteiger partial charge in [-0.1, -0.05) is 6.92 Å². The van der Waals surface area contributed by atoms with Gasteiger partial charge in [0.15, 0.2) is 0 Å². The zero-order valence-electron chi connectivity index (χ0n) is 10.7. The highest BCUT2D eigenvalue weighted by molar-refractivity contribution is 5.70. The Kier molecular flexibility index (Phi) is 3.89. The molecule has 0 radical (unpaired) electrons. The Morgan fingerprint density at radius 2 is 2.00 bits per heavy atom. The summed E-state index contributed by atoms with van der Waals surface area (Å²) in [5.74, 6) is -1.55. The van der Waals surface area contributed by atoms with E-state index in [0.717, 1.165) is 9.25 Å². The molecule has 0 saturated heterocycles. The Morgan fingerprint density at radius 1 is 1.44 bits per heavy atom. The van der Waals surface area contributed by atoms with Gasteiger partial charge in [0, 0.05) is 27.7 Å². The van der Waals surface area contributed by atoms with Crippen molar-refractivity contribution in [1.82, 2.24) is 14.3 Å². The average molecular weight is 256 g/mol. The number of carboxylic acid groups (broad SMARTS) is 1. The van der Waals surface area contributed by atoms with Crippen molar-refractivity contribution in [2.24, 2.45) is 20.0 Å². The Labute approximate surface area is 103 Å². The number of hydrogen-bond donors (Lipinski definition) is 1. The van der Waals surface area contributed by atoms with Crippen LogP contribution in [0.2, 0.25) is 0 Å². The number of anilines is 1. The molecule has 0 aliphatic heterocycles. The van der Waals surface area contributed by atoms with E-state index in [1.165, 1.54) is 25.9 Å². The molecule has 0 amide bonds. The fraction of sp³-hybridized carbons (Fsp3) is 0.600. The lowest BCUT2D eigenvalue weighted by Gasteiger charge is -2.20. The molecule has 0 fully saturated rings. The van der Waals surface area contributed by atoms with Crippen molar-refractivity contribution in [2.75, 3.05) is 18.5 Å². The summed E-state index contributed by atoms with van der Waals surface area (Å²) in [6.45, 7) is 1.67. The van der Waals surface area contributed by atoms with Crippen LogP contribution in [0.3, 0.4) is 0 Å². The lowest BCUT2D eigenvalue weighted by molar-refractivity contribution is -0.140. The van der Waals surface area contributed by atoms with Gasteiger partial charge in [-0.25, -0.2) is 9.48 Å². The predicted molar refractivity (Wildman–Crippen MR) is 64.8 cm³/mol. The summed E-state index contributed by atoms with van der Waals surface area (Å²) in [5.41, 5.74) is -1.07. The van der Waals surface area contributed by atoms with Gasteiger partial charge in [0.1, 0.15) is 0 Å². The minimum Gasteiger partial charge on any atom is -0.481 e. The molecule has 1 aromatic heterocycles. The Morgan fingerprint density at radius 3 is 2.50 bits per heavy atom. The van der Waals surface area contributed by atoms with Crippen LogP contribution in [0.25, 0.3) is 0 Å². The second kappa shape index (κ2) is 5.03. The van der Waals surface area contributed by atoms with Crippen molar-refractivity contribution in [3.8, 4) is 0 Å². The van der Waals surface area contributed by atoms with Gasteiger partial charge in [0.25, 0.3) is 5.56 Å². The minimum atomic E-state index is -0.955. The molecule has 1 unspecified atom stereocenters. The van der Waals surface area contributed by atoms with Crippen molar-refractivity contribution < 1.29 is 9.90 Å². The summed E-state index contributed by atoms with van der Waals surface area (Å²) in [6.07, 6.45) is 0. The summed E-state index contributed by atoms with van der Waals surface area (Å²) in [6, 6.07) is 0. The number of carbonyl (C=O) groups is 1. The molecule has 8 nitrogen and oxygen atoms in total. The third kappa shape index (κ3) is 2.58. The van der Waals surface area contributed by atoms with Crippen LogP contribution in [0, 0.1) is 5.92 Å². The first kappa shape index (κ1) is 13.9. The van der Waals surface area contributed by atoms with Crippen molar-refractivity contribution in [3.63, 3.8) is 0 Å². The second-order valence-electron chi connectivity index (χ2n) is 4.21. The van der Waals surface area contributed by atoms with E-state index in [-0.39, 0.29) is 12.4 Å². The first-order chi connectivity index (χ1) is 8.25. The van der Waals surface area contributed by atoms with Crippen molar-refractivity contribution >= 4 is 11.8 Å². The highest BCUT2D eigenvalue weighted by Gasteiger charge is 2.18. The van der Waals surface area contributed by atoms with Gasteiger partial charge < -0.3 is 10.0 Å². The zero-order chi connectivity index (χ0) is 14.0. The lowest BCUT2D eigenvalue weighted by atomic mass is 10.2. The van der Waals surface area contributed by atoms with Crippen LogP contribution in [-0.4, -0.2) is 39.0 Å². The van der Waals surface area contributed by atoms with Crippen LogP contribution in [0.1, 0.15) is 6.92 Å². The molecule has 1 rings (SSSR count). The van der Waals surface area contributed by atoms with E-state index in [1.807, 2.05) is 0 Å². The largest absolute Gasteiger partial charge is 0.481 e. The van der Waals surface area contributed by atoms with Gasteiger partial charge in [-0.2, -0.15) is 0 Å². The fourth-order valence-corrected chi connectivity index (χ4v) is 1.50. The highest BCUT2D eigenvalue weighted by Crippen LogP contribution is 2.04. The van der Waals surface area contributed by atoms with Crippen LogP contribution in [-0.2, 0) is 18.9 Å². The summed E-state index contributed by atoms with van der Waals surface area (Å²) in [7, 11) is 4.34. The summed E-state index contributed by atoms with van der Waals surface area (Å²) in [4.78, 5) is 35.5. The minimum absolute atomic E-state index is 0.0488. The van der Waals surface area contributed by atoms with E-state index in [0.29, 0.717) is 0 Å². The second-order valence-corrected chi connectivity index (χ2v) is 4.21. The van der Waals surface area contributed by atoms with Gasteiger partial charge in [0.05, 0.1) is 5.92 Å². The van der Waals surface area contributed by atoms with Crippen molar-refractivity contribution in [3.05, 3.63) is 20.8 Å². The molecule has 1 aromatic rings. The average Bonchev–Trinajstić information content (AvgIpc) is 2.30. The topological polar surface area (TPSA) is 97.4 Å². The van der Waals surface area contributed by atoms with Crippen LogP contribution in [0.5, 0.6) is 0 Å². The molecule has 1 N–H and O–H groups in total. The van der Waals surface area contributed by atoms with E-state index in [4.69, 9.17) is 5.11 Å². The Bertz CT molecular complexity index is 574. The van der Waals surface area contributed by atoms with Gasteiger partial charge in [-0.3, -0.25) is 14.2 Å². The lowest BCUT2D eigenvalue weighted by Crippen LogP contribution is -2.43. The molecule has 0 aliphatic rings. The SMILES string of the molecule is CC(CN(C)c1nn(C)c(=O)n(C)c1=O)C(=O)O. The molecule has 0 aromatic carbocycles. The van der Waals surface area contributed by atoms with Gasteiger partial charge >= 0.3 is 11.7 Å². The molecule has 0 bridgehead atoms. The molecule has 8 heteroatoms. The molecular weight excluding hydrogens is 240 g/mol. The number of carboxylic acids is 1. The van der Waals surface area contributed by atoms with Crippen LogP contribution >= 0.6 is 0 Å². The molecule has 1 heterocycles. The van der Waals surface area contributed by atoms with Gasteiger partial charge in [-0.05, 0) is 0 Å². The quantitative estimate of drug-likeness (QED) is 0.714. The summed E-state index contributed by atoms with van der Waals surface area (Å²) < 4.78 is 1.98. The third-order valence-corrected chi connectivity index (χ3v) is 2.64. The zero-order valence-corrected chi connectivity index (χ0v) is 10.7. The number of aromatic nitrogens is 3. The van der Waals surface area contributed by atoms with Crippen molar-refractivity contribution in [2.45, 2.75) is 6.92 Å². The van der Waals surface area contributed by atoms with E-state index in [1.54, 1.807) is 7.05 Å². The smallest absolute Gasteiger partial charge is 0.346 e. The first-order valence-electron chi connectivity index (χ1n) is 5.34. The molecule has 0 saturated carbocycles. The first-order valence-corrected chi connectivity index (χ1v) is 5.34. The maximum atomic E-state index is 11.8. The molecular formula is C10H16N4O4. The molecule has 0 spiro atoms. The molecule has 1 atom stereocenters. The number of aliphatic carboxylic acids is 1. The van der Waals surface area contributed by atoms with Crippen molar-refractivity contribution in [1.29, 1.82) is 0 Å².